The van der Waals surface area contributed by atoms with Gasteiger partial charge in [0.15, 0.2) is 0 Å². The topological polar surface area (TPSA) is 58.8 Å². The number of carbonyl (C=O) groups excluding carboxylic acids is 1. The summed E-state index contributed by atoms with van der Waals surface area (Å²) >= 11 is 0. The Balaban J connectivity index is 1.65. The number of nitrogens with zero attached hydrogens (tertiary/aromatic N) is 2. The third-order valence-corrected chi connectivity index (χ3v) is 3.26. The van der Waals surface area contributed by atoms with Crippen molar-refractivity contribution < 1.29 is 9.53 Å². The molecule has 1 saturated heterocycles. The maximum absolute atomic E-state index is 11.4. The lowest BCUT2D eigenvalue weighted by atomic mass is 10.3. The highest BCUT2D eigenvalue weighted by molar-refractivity contribution is 5.78. The summed E-state index contributed by atoms with van der Waals surface area (Å²) < 4.78 is 5.64. The van der Waals surface area contributed by atoms with Crippen molar-refractivity contribution in [3.8, 4) is 5.75 Å². The first-order chi connectivity index (χ1) is 9.29. The van der Waals surface area contributed by atoms with E-state index in [9.17, 15) is 4.79 Å². The number of nitrogens with two attached hydrogens (primary N) is 1. The smallest absolute Gasteiger partial charge is 0.236 e. The molecule has 0 aliphatic carbocycles. The van der Waals surface area contributed by atoms with E-state index in [-0.39, 0.29) is 12.5 Å². The summed E-state index contributed by atoms with van der Waals surface area (Å²) in [4.78, 5) is 15.6. The van der Waals surface area contributed by atoms with Gasteiger partial charge >= 0.3 is 0 Å². The van der Waals surface area contributed by atoms with Gasteiger partial charge in [0.2, 0.25) is 5.91 Å². The summed E-state index contributed by atoms with van der Waals surface area (Å²) in [6.45, 7) is 4.94. The summed E-state index contributed by atoms with van der Waals surface area (Å²) in [6.07, 6.45) is 0. The number of amides is 1. The third kappa shape index (κ3) is 4.22. The van der Waals surface area contributed by atoms with Crippen LogP contribution in [0.3, 0.4) is 0 Å². The number of ether oxygens (including phenoxy) is 1. The van der Waals surface area contributed by atoms with E-state index in [0.29, 0.717) is 6.61 Å². The van der Waals surface area contributed by atoms with E-state index >= 15 is 0 Å². The molecule has 0 bridgehead atoms. The quantitative estimate of drug-likeness (QED) is 0.809. The zero-order valence-electron chi connectivity index (χ0n) is 11.0. The van der Waals surface area contributed by atoms with E-state index in [1.54, 1.807) is 0 Å². The average molecular weight is 262 g/mol. The molecule has 1 aromatic carbocycles. The summed E-state index contributed by atoms with van der Waals surface area (Å²) in [5.74, 6) is 0.909. The molecule has 0 atom stereocenters. The minimum Gasteiger partial charge on any atom is -0.492 e. The van der Waals surface area contributed by atoms with Crippen molar-refractivity contribution in [3.63, 3.8) is 0 Å². The Labute approximate surface area is 113 Å². The molecule has 0 aromatic heterocycles. The molecular weight excluding hydrogens is 242 g/mol. The maximum Gasteiger partial charge on any atom is 0.236 e. The van der Waals surface area contributed by atoms with Gasteiger partial charge < -0.3 is 15.4 Å². The molecule has 2 rings (SSSR count). The van der Waals surface area contributed by atoms with Crippen LogP contribution in [-0.4, -0.2) is 61.6 Å². The molecule has 0 spiro atoms. The van der Waals surface area contributed by atoms with Gasteiger partial charge in [-0.05, 0) is 18.2 Å². The highest BCUT2D eigenvalue weighted by Crippen LogP contribution is 2.08. The van der Waals surface area contributed by atoms with Crippen LogP contribution in [0.15, 0.2) is 24.3 Å². The number of benzene rings is 1. The predicted molar refractivity (Wildman–Crippen MR) is 72.8 cm³/mol. The summed E-state index contributed by atoms with van der Waals surface area (Å²) in [5, 5.41) is 0. The second-order valence-corrected chi connectivity index (χ2v) is 4.51. The van der Waals surface area contributed by atoms with E-state index in [1.165, 1.54) is 0 Å². The predicted octanol–water partition coefficient (Wildman–Crippen LogP) is -0.0315. The number of hydrogen-bond donors (Lipinski definition) is 1. The lowest BCUT2D eigenvalue weighted by molar-refractivity contribution is -0.131. The minimum absolute atomic E-state index is 0.0384. The first kappa shape index (κ1) is 13.8. The van der Waals surface area contributed by atoms with Crippen LogP contribution in [0.5, 0.6) is 5.75 Å². The molecule has 1 aromatic rings. The van der Waals surface area contributed by atoms with E-state index in [2.05, 4.69) is 11.0 Å². The second-order valence-electron chi connectivity index (χ2n) is 4.51. The maximum atomic E-state index is 11.4. The lowest BCUT2D eigenvalue weighted by Crippen LogP contribution is -2.50. The number of hydrogen-bond acceptors (Lipinski definition) is 4. The van der Waals surface area contributed by atoms with Gasteiger partial charge in [0.25, 0.3) is 0 Å². The van der Waals surface area contributed by atoms with Gasteiger partial charge in [0, 0.05) is 32.7 Å². The van der Waals surface area contributed by atoms with Crippen LogP contribution in [0, 0.1) is 6.07 Å². The molecule has 1 radical (unpaired) electrons. The zero-order chi connectivity index (χ0) is 13.5. The van der Waals surface area contributed by atoms with Gasteiger partial charge in [-0.1, -0.05) is 12.1 Å². The molecule has 103 valence electrons. The summed E-state index contributed by atoms with van der Waals surface area (Å²) in [6, 6.07) is 10.4. The molecular formula is C14H20N3O2. The van der Waals surface area contributed by atoms with Crippen molar-refractivity contribution >= 4 is 5.91 Å². The minimum atomic E-state index is 0.0384. The molecule has 1 aliphatic rings. The van der Waals surface area contributed by atoms with Crippen LogP contribution in [0.25, 0.3) is 0 Å². The molecule has 5 nitrogen and oxygen atoms in total. The molecule has 0 unspecified atom stereocenters. The number of rotatable bonds is 5. The fraction of sp³-hybridized carbons (Fsp3) is 0.500. The van der Waals surface area contributed by atoms with E-state index in [0.717, 1.165) is 38.5 Å². The van der Waals surface area contributed by atoms with E-state index < -0.39 is 0 Å². The molecule has 1 fully saturated rings. The fourth-order valence-electron chi connectivity index (χ4n) is 2.11. The van der Waals surface area contributed by atoms with Crippen molar-refractivity contribution in [2.24, 2.45) is 5.73 Å². The first-order valence-electron chi connectivity index (χ1n) is 6.58. The van der Waals surface area contributed by atoms with Crippen LogP contribution >= 0.6 is 0 Å². The second kappa shape index (κ2) is 7.11. The summed E-state index contributed by atoms with van der Waals surface area (Å²) in [7, 11) is 0. The van der Waals surface area contributed by atoms with Gasteiger partial charge in [0.05, 0.1) is 6.54 Å². The van der Waals surface area contributed by atoms with Gasteiger partial charge in [-0.3, -0.25) is 9.69 Å². The Kier molecular flexibility index (Phi) is 5.18. The van der Waals surface area contributed by atoms with Gasteiger partial charge in [-0.25, -0.2) is 0 Å². The lowest BCUT2D eigenvalue weighted by Gasteiger charge is -2.34. The number of piperazine rings is 1. The summed E-state index contributed by atoms with van der Waals surface area (Å²) in [5.41, 5.74) is 5.35. The standard InChI is InChI=1S/C14H20N3O2/c15-12-14(18)17-8-6-16(7-9-17)10-11-19-13-4-2-1-3-5-13/h2-5H,6-12,15H2. The van der Waals surface area contributed by atoms with Crippen LogP contribution in [-0.2, 0) is 4.79 Å². The SMILES string of the molecule is NCC(=O)N1CCN(CCOc2cc[c]cc2)CC1. The van der Waals surface area contributed by atoms with Gasteiger partial charge in [-0.15, -0.1) is 0 Å². The molecule has 2 N–H and O–H groups in total. The Morgan fingerprint density at radius 2 is 1.95 bits per heavy atom. The normalized spacial score (nSPS) is 16.4. The Bertz CT molecular complexity index is 389. The average Bonchev–Trinajstić information content (AvgIpc) is 2.48. The molecule has 1 heterocycles. The van der Waals surface area contributed by atoms with E-state index in [1.807, 2.05) is 29.2 Å². The van der Waals surface area contributed by atoms with Gasteiger partial charge in [-0.2, -0.15) is 0 Å². The van der Waals surface area contributed by atoms with Crippen LogP contribution < -0.4 is 10.5 Å². The number of carbonyl (C=O) groups is 1. The van der Waals surface area contributed by atoms with Crippen molar-refractivity contribution in [3.05, 3.63) is 30.3 Å². The molecule has 19 heavy (non-hydrogen) atoms. The van der Waals surface area contributed by atoms with E-state index in [4.69, 9.17) is 10.5 Å². The van der Waals surface area contributed by atoms with Crippen molar-refractivity contribution in [1.82, 2.24) is 9.80 Å². The largest absolute Gasteiger partial charge is 0.492 e. The Morgan fingerprint density at radius 3 is 2.58 bits per heavy atom. The van der Waals surface area contributed by atoms with Crippen molar-refractivity contribution in [2.75, 3.05) is 45.9 Å². The molecule has 5 heteroatoms. The molecule has 1 amide bonds. The van der Waals surface area contributed by atoms with Crippen molar-refractivity contribution in [1.29, 1.82) is 0 Å². The highest BCUT2D eigenvalue weighted by atomic mass is 16.5. The third-order valence-electron chi connectivity index (χ3n) is 3.26. The van der Waals surface area contributed by atoms with Gasteiger partial charge in [0.1, 0.15) is 12.4 Å². The first-order valence-corrected chi connectivity index (χ1v) is 6.58. The van der Waals surface area contributed by atoms with Crippen LogP contribution in [0.2, 0.25) is 0 Å². The highest BCUT2D eigenvalue weighted by Gasteiger charge is 2.19. The monoisotopic (exact) mass is 262 g/mol. The van der Waals surface area contributed by atoms with Crippen LogP contribution in [0.4, 0.5) is 0 Å². The Morgan fingerprint density at radius 1 is 1.26 bits per heavy atom. The van der Waals surface area contributed by atoms with Crippen molar-refractivity contribution in [2.45, 2.75) is 0 Å². The van der Waals surface area contributed by atoms with Crippen LogP contribution in [0.1, 0.15) is 0 Å². The zero-order valence-corrected chi connectivity index (χ0v) is 11.0. The molecule has 1 aliphatic heterocycles. The molecule has 0 saturated carbocycles. The Hall–Kier alpha value is -1.59. The fourth-order valence-corrected chi connectivity index (χ4v) is 2.11.